The Morgan fingerprint density at radius 2 is 2.15 bits per heavy atom. The van der Waals surface area contributed by atoms with Crippen LogP contribution in [0, 0.1) is 11.7 Å². The molecule has 0 saturated heterocycles. The van der Waals surface area contributed by atoms with Crippen LogP contribution in [0.4, 0.5) is 15.9 Å². The summed E-state index contributed by atoms with van der Waals surface area (Å²) >= 11 is 6.87. The second kappa shape index (κ2) is 8.79. The predicted molar refractivity (Wildman–Crippen MR) is 125 cm³/mol. The van der Waals surface area contributed by atoms with Crippen molar-refractivity contribution in [2.75, 3.05) is 44.8 Å². The first-order chi connectivity index (χ1) is 15.7. The van der Waals surface area contributed by atoms with Gasteiger partial charge in [0.2, 0.25) is 5.91 Å². The Bertz CT molecular complexity index is 1130. The number of carbonyl (C=O) groups is 2. The highest BCUT2D eigenvalue weighted by Crippen LogP contribution is 2.53. The molecule has 1 saturated carbocycles. The maximum absolute atomic E-state index is 15.5. The minimum absolute atomic E-state index is 0.0471. The van der Waals surface area contributed by atoms with E-state index in [4.69, 9.17) is 22.4 Å². The van der Waals surface area contributed by atoms with Gasteiger partial charge in [0, 0.05) is 67.1 Å². The zero-order valence-corrected chi connectivity index (χ0v) is 19.3. The van der Waals surface area contributed by atoms with Crippen molar-refractivity contribution in [3.05, 3.63) is 40.3 Å². The van der Waals surface area contributed by atoms with Crippen LogP contribution in [0.5, 0.6) is 0 Å². The molecule has 8 nitrogen and oxygen atoms in total. The van der Waals surface area contributed by atoms with Crippen LogP contribution in [0.3, 0.4) is 0 Å². The SMILES string of the molecule is CN(C)C(=O)c1c(N)ccc(-c2cnc3c(c2Cl)[C@]2(CC[C@H](C(=O)NCCO)C2)CN3)c1F. The number of nitrogen functional groups attached to an aromatic ring is 1. The van der Waals surface area contributed by atoms with Gasteiger partial charge < -0.3 is 26.4 Å². The molecule has 0 unspecified atom stereocenters. The van der Waals surface area contributed by atoms with Crippen molar-refractivity contribution in [2.45, 2.75) is 24.7 Å². The molecule has 0 bridgehead atoms. The summed E-state index contributed by atoms with van der Waals surface area (Å²) in [7, 11) is 3.06. The van der Waals surface area contributed by atoms with E-state index in [0.29, 0.717) is 35.8 Å². The third kappa shape index (κ3) is 3.89. The summed E-state index contributed by atoms with van der Waals surface area (Å²) in [6, 6.07) is 2.99. The number of nitrogens with two attached hydrogens (primary N) is 1. The number of pyridine rings is 1. The molecule has 2 heterocycles. The Morgan fingerprint density at radius 1 is 1.39 bits per heavy atom. The van der Waals surface area contributed by atoms with Gasteiger partial charge in [0.1, 0.15) is 11.6 Å². The number of aliphatic hydroxyl groups is 1. The van der Waals surface area contributed by atoms with Gasteiger partial charge in [-0.25, -0.2) is 9.37 Å². The third-order valence-electron chi connectivity index (χ3n) is 6.61. The Morgan fingerprint density at radius 3 is 2.85 bits per heavy atom. The topological polar surface area (TPSA) is 121 Å². The average molecular weight is 476 g/mol. The fourth-order valence-corrected chi connectivity index (χ4v) is 5.38. The fraction of sp³-hybridized carbons (Fsp3) is 0.435. The van der Waals surface area contributed by atoms with Crippen LogP contribution in [-0.2, 0) is 10.2 Å². The molecule has 33 heavy (non-hydrogen) atoms. The van der Waals surface area contributed by atoms with Gasteiger partial charge in [0.05, 0.1) is 17.2 Å². The van der Waals surface area contributed by atoms with E-state index in [0.717, 1.165) is 12.0 Å². The Labute approximate surface area is 196 Å². The fourth-order valence-electron chi connectivity index (χ4n) is 4.94. The van der Waals surface area contributed by atoms with Crippen molar-refractivity contribution in [3.8, 4) is 11.1 Å². The van der Waals surface area contributed by atoms with Crippen LogP contribution < -0.4 is 16.4 Å². The zero-order chi connectivity index (χ0) is 23.9. The number of hydrogen-bond acceptors (Lipinski definition) is 6. The molecule has 10 heteroatoms. The molecule has 4 rings (SSSR count). The molecular formula is C23H27ClFN5O3. The molecule has 1 aliphatic carbocycles. The number of amides is 2. The summed E-state index contributed by atoms with van der Waals surface area (Å²) in [5.41, 5.74) is 6.64. The highest BCUT2D eigenvalue weighted by atomic mass is 35.5. The van der Waals surface area contributed by atoms with Crippen molar-refractivity contribution in [1.82, 2.24) is 15.2 Å². The monoisotopic (exact) mass is 475 g/mol. The molecule has 1 aromatic heterocycles. The highest BCUT2D eigenvalue weighted by molar-refractivity contribution is 6.34. The number of benzene rings is 1. The number of carbonyl (C=O) groups excluding carboxylic acids is 2. The number of aliphatic hydroxyl groups excluding tert-OH is 1. The van der Waals surface area contributed by atoms with E-state index < -0.39 is 17.1 Å². The lowest BCUT2D eigenvalue weighted by molar-refractivity contribution is -0.125. The third-order valence-corrected chi connectivity index (χ3v) is 7.01. The molecule has 5 N–H and O–H groups in total. The lowest BCUT2D eigenvalue weighted by atomic mass is 9.79. The molecule has 2 aliphatic rings. The molecular weight excluding hydrogens is 449 g/mol. The van der Waals surface area contributed by atoms with Gasteiger partial charge in [-0.2, -0.15) is 0 Å². The zero-order valence-electron chi connectivity index (χ0n) is 18.5. The highest BCUT2D eigenvalue weighted by Gasteiger charge is 2.49. The van der Waals surface area contributed by atoms with Gasteiger partial charge in [0.25, 0.3) is 5.91 Å². The molecule has 2 amide bonds. The van der Waals surface area contributed by atoms with Crippen LogP contribution in [0.1, 0.15) is 35.2 Å². The largest absolute Gasteiger partial charge is 0.398 e. The molecule has 176 valence electrons. The van der Waals surface area contributed by atoms with Gasteiger partial charge in [-0.3, -0.25) is 9.59 Å². The van der Waals surface area contributed by atoms with Gasteiger partial charge in [-0.15, -0.1) is 0 Å². The van der Waals surface area contributed by atoms with Crippen LogP contribution in [-0.4, -0.2) is 60.6 Å². The molecule has 1 fully saturated rings. The van der Waals surface area contributed by atoms with Crippen molar-refractivity contribution in [3.63, 3.8) is 0 Å². The summed E-state index contributed by atoms with van der Waals surface area (Å²) in [4.78, 5) is 30.7. The number of anilines is 2. The molecule has 1 aliphatic heterocycles. The summed E-state index contributed by atoms with van der Waals surface area (Å²) < 4.78 is 15.5. The number of hydrogen-bond donors (Lipinski definition) is 4. The standard InChI is InChI=1S/C23H27ClFN5O3/c1-30(2)22(33)16-15(26)4-3-13(19(16)25)14-10-28-20-17(18(14)24)23(11-29-20)6-5-12(9-23)21(32)27-7-8-31/h3-4,10,12,31H,5-9,11,26H2,1-2H3,(H,27,32)(H,28,29)/t12-,23-/m0/s1. The van der Waals surface area contributed by atoms with Crippen molar-refractivity contribution < 1.29 is 19.1 Å². The molecule has 2 atom stereocenters. The molecule has 2 aromatic rings. The lowest BCUT2D eigenvalue weighted by Crippen LogP contribution is -2.33. The summed E-state index contributed by atoms with van der Waals surface area (Å²) in [5.74, 6) is -0.957. The number of rotatable bonds is 5. The normalized spacial score (nSPS) is 21.1. The van der Waals surface area contributed by atoms with Crippen LogP contribution in [0.2, 0.25) is 5.02 Å². The number of aromatic nitrogens is 1. The first kappa shape index (κ1) is 23.3. The number of nitrogens with zero attached hydrogens (tertiary/aromatic N) is 2. The van der Waals surface area contributed by atoms with E-state index in [1.54, 1.807) is 0 Å². The van der Waals surface area contributed by atoms with Crippen molar-refractivity contribution in [2.24, 2.45) is 5.92 Å². The minimum atomic E-state index is -0.745. The van der Waals surface area contributed by atoms with Gasteiger partial charge in [-0.05, 0) is 31.4 Å². The van der Waals surface area contributed by atoms with E-state index in [1.807, 2.05) is 0 Å². The summed E-state index contributed by atoms with van der Waals surface area (Å²) in [6.45, 7) is 0.684. The van der Waals surface area contributed by atoms with Crippen molar-refractivity contribution in [1.29, 1.82) is 0 Å². The predicted octanol–water partition coefficient (Wildman–Crippen LogP) is 2.40. The average Bonchev–Trinajstić information content (AvgIpc) is 3.38. The summed E-state index contributed by atoms with van der Waals surface area (Å²) in [6.07, 6.45) is 3.47. The van der Waals surface area contributed by atoms with E-state index >= 15 is 4.39 Å². The smallest absolute Gasteiger partial charge is 0.258 e. The van der Waals surface area contributed by atoms with Crippen LogP contribution in [0.15, 0.2) is 18.3 Å². The number of halogens is 2. The number of fused-ring (bicyclic) bond motifs is 2. The van der Waals surface area contributed by atoms with Gasteiger partial charge in [-0.1, -0.05) is 11.6 Å². The van der Waals surface area contributed by atoms with Crippen LogP contribution in [0.25, 0.3) is 11.1 Å². The second-order valence-corrected chi connectivity index (χ2v) is 9.27. The Hall–Kier alpha value is -2.91. The molecule has 1 spiro atoms. The Balaban J connectivity index is 1.74. The van der Waals surface area contributed by atoms with Crippen molar-refractivity contribution >= 4 is 34.9 Å². The number of nitrogens with one attached hydrogen (secondary N) is 2. The van der Waals surface area contributed by atoms with Gasteiger partial charge in [0.15, 0.2) is 0 Å². The van der Waals surface area contributed by atoms with E-state index in [1.165, 1.54) is 37.3 Å². The maximum Gasteiger partial charge on any atom is 0.258 e. The first-order valence-electron chi connectivity index (χ1n) is 10.8. The van der Waals surface area contributed by atoms with Crippen LogP contribution >= 0.6 is 11.6 Å². The van der Waals surface area contributed by atoms with E-state index in [2.05, 4.69) is 15.6 Å². The maximum atomic E-state index is 15.5. The minimum Gasteiger partial charge on any atom is -0.398 e. The van der Waals surface area contributed by atoms with E-state index in [-0.39, 0.29) is 41.8 Å². The molecule has 0 radical (unpaired) electrons. The molecule has 1 aromatic carbocycles. The van der Waals surface area contributed by atoms with Gasteiger partial charge >= 0.3 is 0 Å². The Kier molecular flexibility index (Phi) is 6.20. The lowest BCUT2D eigenvalue weighted by Gasteiger charge is -2.25. The second-order valence-electron chi connectivity index (χ2n) is 8.89. The summed E-state index contributed by atoms with van der Waals surface area (Å²) in [5, 5.41) is 15.4. The van der Waals surface area contributed by atoms with E-state index in [9.17, 15) is 9.59 Å². The first-order valence-corrected chi connectivity index (χ1v) is 11.2. The quantitative estimate of drug-likeness (QED) is 0.493.